The molecule has 0 bridgehead atoms. The van der Waals surface area contributed by atoms with Crippen molar-refractivity contribution in [3.05, 3.63) is 24.5 Å². The second-order valence-corrected chi connectivity index (χ2v) is 10.7. The maximum absolute atomic E-state index is 5.97. The molecule has 0 radical (unpaired) electrons. The Kier molecular flexibility index (Phi) is 4.02. The van der Waals surface area contributed by atoms with Crippen molar-refractivity contribution >= 4 is 8.32 Å². The van der Waals surface area contributed by atoms with Crippen LogP contribution in [0.2, 0.25) is 18.1 Å². The van der Waals surface area contributed by atoms with Crippen LogP contribution in [-0.2, 0) is 9.16 Å². The van der Waals surface area contributed by atoms with Crippen molar-refractivity contribution in [2.24, 2.45) is 5.92 Å². The van der Waals surface area contributed by atoms with Crippen molar-refractivity contribution in [3.63, 3.8) is 0 Å². The van der Waals surface area contributed by atoms with E-state index in [0.29, 0.717) is 12.5 Å². The van der Waals surface area contributed by atoms with E-state index in [4.69, 9.17) is 9.16 Å². The highest BCUT2D eigenvalue weighted by atomic mass is 28.4. The molecule has 1 fully saturated rings. The third-order valence-electron chi connectivity index (χ3n) is 3.59. The molecule has 0 saturated carbocycles. The Hall–Kier alpha value is -0.543. The molecule has 2 nitrogen and oxygen atoms in total. The summed E-state index contributed by atoms with van der Waals surface area (Å²) in [5, 5.41) is 0.251. The molecule has 1 atom stereocenters. The van der Waals surface area contributed by atoms with Crippen molar-refractivity contribution in [2.45, 2.75) is 38.9 Å². The van der Waals surface area contributed by atoms with Gasteiger partial charge in [-0.25, -0.2) is 0 Å². The highest BCUT2D eigenvalue weighted by molar-refractivity contribution is 6.74. The van der Waals surface area contributed by atoms with E-state index in [2.05, 4.69) is 46.5 Å². The van der Waals surface area contributed by atoms with Gasteiger partial charge in [-0.2, -0.15) is 0 Å². The maximum Gasteiger partial charge on any atom is 0.249 e. The Balaban J connectivity index is 2.51. The topological polar surface area (TPSA) is 18.5 Å². The lowest BCUT2D eigenvalue weighted by molar-refractivity contribution is 0.195. The average Bonchev–Trinajstić information content (AvgIpc) is 2.49. The normalized spacial score (nSPS) is 23.1. The minimum absolute atomic E-state index is 0.251. The zero-order valence-corrected chi connectivity index (χ0v) is 12.2. The molecule has 1 heterocycles. The molecule has 1 rings (SSSR count). The number of ether oxygens (including phenoxy) is 1. The molecule has 1 aliphatic rings. The van der Waals surface area contributed by atoms with Gasteiger partial charge in [-0.1, -0.05) is 27.4 Å². The first-order chi connectivity index (χ1) is 7.24. The van der Waals surface area contributed by atoms with E-state index in [-0.39, 0.29) is 5.04 Å². The number of hydrogen-bond donors (Lipinski definition) is 0. The van der Waals surface area contributed by atoms with Gasteiger partial charge in [0.15, 0.2) is 0 Å². The molecule has 1 unspecified atom stereocenters. The van der Waals surface area contributed by atoms with Gasteiger partial charge in [0.2, 0.25) is 8.32 Å². The lowest BCUT2D eigenvalue weighted by atomic mass is 10.1. The second kappa shape index (κ2) is 4.76. The molecule has 0 aromatic heterocycles. The van der Waals surface area contributed by atoms with Crippen LogP contribution in [0.25, 0.3) is 0 Å². The molecule has 0 aliphatic carbocycles. The quantitative estimate of drug-likeness (QED) is 0.425. The van der Waals surface area contributed by atoms with Gasteiger partial charge in [-0.15, -0.1) is 0 Å². The molecule has 0 spiro atoms. The molecular weight excluding hydrogens is 216 g/mol. The predicted octanol–water partition coefficient (Wildman–Crippen LogP) is 3.72. The lowest BCUT2D eigenvalue weighted by Crippen LogP contribution is -2.39. The first kappa shape index (κ1) is 13.5. The van der Waals surface area contributed by atoms with E-state index < -0.39 is 8.32 Å². The van der Waals surface area contributed by atoms with E-state index in [1.54, 1.807) is 0 Å². The highest BCUT2D eigenvalue weighted by Gasteiger charge is 2.38. The van der Waals surface area contributed by atoms with Crippen molar-refractivity contribution in [1.82, 2.24) is 0 Å². The summed E-state index contributed by atoms with van der Waals surface area (Å²) in [6.07, 6.45) is 3.94. The minimum atomic E-state index is -1.66. The lowest BCUT2D eigenvalue weighted by Gasteiger charge is -2.35. The molecule has 0 aromatic carbocycles. The van der Waals surface area contributed by atoms with Crippen molar-refractivity contribution < 1.29 is 9.16 Å². The summed E-state index contributed by atoms with van der Waals surface area (Å²) in [6, 6.07) is 0. The molecule has 1 aliphatic heterocycles. The fraction of sp³-hybridized carbons (Fsp3) is 0.692. The molecule has 0 amide bonds. The second-order valence-electron chi connectivity index (χ2n) is 5.99. The number of hydrogen-bond acceptors (Lipinski definition) is 2. The van der Waals surface area contributed by atoms with Crippen LogP contribution in [0.5, 0.6) is 0 Å². The SMILES string of the molecule is C=C1COCC1/C=C/O[Si](C)(C)C(C)(C)C. The first-order valence-corrected chi connectivity index (χ1v) is 8.75. The summed E-state index contributed by atoms with van der Waals surface area (Å²) in [7, 11) is -1.66. The van der Waals surface area contributed by atoms with E-state index >= 15 is 0 Å². The zero-order chi connectivity index (χ0) is 12.4. The maximum atomic E-state index is 5.97. The van der Waals surface area contributed by atoms with E-state index in [0.717, 1.165) is 12.2 Å². The minimum Gasteiger partial charge on any atom is -0.549 e. The fourth-order valence-corrected chi connectivity index (χ4v) is 1.99. The first-order valence-electron chi connectivity index (χ1n) is 5.84. The molecule has 0 aromatic rings. The van der Waals surface area contributed by atoms with Crippen LogP contribution in [0.4, 0.5) is 0 Å². The Morgan fingerprint density at radius 3 is 2.50 bits per heavy atom. The molecule has 0 N–H and O–H groups in total. The van der Waals surface area contributed by atoms with Gasteiger partial charge >= 0.3 is 0 Å². The Labute approximate surface area is 100 Å². The molecule has 3 heteroatoms. The molecule has 92 valence electrons. The Morgan fingerprint density at radius 1 is 1.44 bits per heavy atom. The van der Waals surface area contributed by atoms with Gasteiger partial charge < -0.3 is 9.16 Å². The van der Waals surface area contributed by atoms with Crippen LogP contribution in [0.1, 0.15) is 20.8 Å². The summed E-state index contributed by atoms with van der Waals surface area (Å²) in [5.41, 5.74) is 1.15. The summed E-state index contributed by atoms with van der Waals surface area (Å²) >= 11 is 0. The zero-order valence-electron chi connectivity index (χ0n) is 11.2. The summed E-state index contributed by atoms with van der Waals surface area (Å²) < 4.78 is 11.3. The van der Waals surface area contributed by atoms with Gasteiger partial charge in [0.25, 0.3) is 0 Å². The van der Waals surface area contributed by atoms with Gasteiger partial charge in [0, 0.05) is 5.92 Å². The largest absolute Gasteiger partial charge is 0.549 e. The van der Waals surface area contributed by atoms with Crippen LogP contribution >= 0.6 is 0 Å². The van der Waals surface area contributed by atoms with Gasteiger partial charge in [0.1, 0.15) is 0 Å². The number of rotatable bonds is 3. The Bertz CT molecular complexity index is 287. The third-order valence-corrected chi connectivity index (χ3v) is 7.93. The standard InChI is InChI=1S/C13H24O2Si/c1-11-9-14-10-12(11)7-8-15-16(5,6)13(2,3)4/h7-8,12H,1,9-10H2,2-6H3/b8-7+. The highest BCUT2D eigenvalue weighted by Crippen LogP contribution is 2.36. The van der Waals surface area contributed by atoms with Crippen LogP contribution in [0, 0.1) is 5.92 Å². The molecular formula is C13H24O2Si. The fourth-order valence-electron chi connectivity index (χ4n) is 1.21. The molecule has 16 heavy (non-hydrogen) atoms. The van der Waals surface area contributed by atoms with E-state index in [9.17, 15) is 0 Å². The summed E-state index contributed by atoms with van der Waals surface area (Å²) in [5.74, 6) is 0.338. The van der Waals surface area contributed by atoms with Gasteiger partial charge in [-0.3, -0.25) is 0 Å². The summed E-state index contributed by atoms with van der Waals surface area (Å²) in [6.45, 7) is 16.6. The summed E-state index contributed by atoms with van der Waals surface area (Å²) in [4.78, 5) is 0. The van der Waals surface area contributed by atoms with Crippen LogP contribution in [-0.4, -0.2) is 21.5 Å². The monoisotopic (exact) mass is 240 g/mol. The average molecular weight is 240 g/mol. The van der Waals surface area contributed by atoms with E-state index in [1.807, 2.05) is 6.26 Å². The van der Waals surface area contributed by atoms with Crippen molar-refractivity contribution in [1.29, 1.82) is 0 Å². The van der Waals surface area contributed by atoms with Crippen molar-refractivity contribution in [3.8, 4) is 0 Å². The van der Waals surface area contributed by atoms with E-state index in [1.165, 1.54) is 0 Å². The smallest absolute Gasteiger partial charge is 0.249 e. The van der Waals surface area contributed by atoms with Gasteiger partial charge in [-0.05, 0) is 29.8 Å². The van der Waals surface area contributed by atoms with Crippen LogP contribution in [0.15, 0.2) is 24.5 Å². The predicted molar refractivity (Wildman–Crippen MR) is 70.9 cm³/mol. The van der Waals surface area contributed by atoms with Crippen LogP contribution < -0.4 is 0 Å². The van der Waals surface area contributed by atoms with Crippen molar-refractivity contribution in [2.75, 3.05) is 13.2 Å². The Morgan fingerprint density at radius 2 is 2.06 bits per heavy atom. The third kappa shape index (κ3) is 3.22. The molecule has 1 saturated heterocycles. The van der Waals surface area contributed by atoms with Crippen LogP contribution in [0.3, 0.4) is 0 Å². The van der Waals surface area contributed by atoms with Gasteiger partial charge in [0.05, 0.1) is 19.5 Å².